The predicted octanol–water partition coefficient (Wildman–Crippen LogP) is 3.29. The van der Waals surface area contributed by atoms with Crippen LogP contribution in [-0.4, -0.2) is 23.7 Å². The first-order valence-electron chi connectivity index (χ1n) is 6.84. The van der Waals surface area contributed by atoms with Crippen molar-refractivity contribution >= 4 is 5.97 Å². The van der Waals surface area contributed by atoms with Crippen molar-refractivity contribution in [2.75, 3.05) is 6.54 Å². The maximum absolute atomic E-state index is 12.5. The van der Waals surface area contributed by atoms with E-state index in [2.05, 4.69) is 0 Å². The van der Waals surface area contributed by atoms with Gasteiger partial charge in [-0.15, -0.1) is 0 Å². The first kappa shape index (κ1) is 17.6. The molecule has 2 aromatic rings. The molecule has 0 aliphatic heterocycles. The van der Waals surface area contributed by atoms with Crippen LogP contribution in [0.4, 0.5) is 13.2 Å². The van der Waals surface area contributed by atoms with Crippen LogP contribution in [0, 0.1) is 0 Å². The number of hydrogen-bond donors (Lipinski definition) is 2. The highest BCUT2D eigenvalue weighted by Crippen LogP contribution is 2.31. The van der Waals surface area contributed by atoms with Gasteiger partial charge < -0.3 is 20.3 Å². The van der Waals surface area contributed by atoms with Gasteiger partial charge in [0.2, 0.25) is 6.10 Å². The molecule has 128 valence electrons. The van der Waals surface area contributed by atoms with E-state index in [1.54, 1.807) is 0 Å². The second kappa shape index (κ2) is 7.22. The van der Waals surface area contributed by atoms with E-state index in [0.29, 0.717) is 5.75 Å². The maximum atomic E-state index is 12.5. The molecular weight excluding hydrogens is 327 g/mol. The Morgan fingerprint density at radius 1 is 1.00 bits per heavy atom. The zero-order chi connectivity index (χ0) is 17.7. The number of hydrogen-bond acceptors (Lipinski definition) is 4. The largest absolute Gasteiger partial charge is 0.478 e. The molecule has 2 rings (SSSR count). The molecule has 0 bridgehead atoms. The maximum Gasteiger partial charge on any atom is 0.416 e. The lowest BCUT2D eigenvalue weighted by Gasteiger charge is -2.13. The van der Waals surface area contributed by atoms with Gasteiger partial charge >= 0.3 is 12.1 Å². The fourth-order valence-corrected chi connectivity index (χ4v) is 1.80. The van der Waals surface area contributed by atoms with Crippen LogP contribution < -0.4 is 15.2 Å². The van der Waals surface area contributed by atoms with Gasteiger partial charge in [-0.25, -0.2) is 4.79 Å². The summed E-state index contributed by atoms with van der Waals surface area (Å²) in [6.45, 7) is -0.181. The van der Waals surface area contributed by atoms with Gasteiger partial charge in [-0.2, -0.15) is 13.2 Å². The topological polar surface area (TPSA) is 81.8 Å². The minimum absolute atomic E-state index is 0.181. The van der Waals surface area contributed by atoms with E-state index in [9.17, 15) is 18.0 Å². The summed E-state index contributed by atoms with van der Waals surface area (Å²) in [5, 5.41) is 8.85. The summed E-state index contributed by atoms with van der Waals surface area (Å²) in [5.74, 6) is -0.293. The van der Waals surface area contributed by atoms with E-state index in [1.807, 2.05) is 0 Å². The molecule has 0 radical (unpaired) electrons. The molecule has 3 N–H and O–H groups in total. The first-order valence-corrected chi connectivity index (χ1v) is 6.84. The van der Waals surface area contributed by atoms with Crippen LogP contribution in [0.5, 0.6) is 17.2 Å². The number of aliphatic carboxylic acids is 1. The molecule has 0 fully saturated rings. The van der Waals surface area contributed by atoms with Crippen LogP contribution >= 0.6 is 0 Å². The SMILES string of the molecule is NCC(Oc1ccc(Oc2ccc(C(F)(F)F)cc2)cc1)C(=O)O. The average molecular weight is 341 g/mol. The molecule has 2 aromatic carbocycles. The molecule has 0 aliphatic carbocycles. The molecule has 0 aromatic heterocycles. The van der Waals surface area contributed by atoms with Crippen molar-refractivity contribution < 1.29 is 32.5 Å². The number of ether oxygens (including phenoxy) is 2. The summed E-state index contributed by atoms with van der Waals surface area (Å²) >= 11 is 0. The Hall–Kier alpha value is -2.74. The third-order valence-electron chi connectivity index (χ3n) is 3.01. The summed E-state index contributed by atoms with van der Waals surface area (Å²) < 4.78 is 48.0. The van der Waals surface area contributed by atoms with Gasteiger partial charge in [-0.3, -0.25) is 0 Å². The predicted molar refractivity (Wildman–Crippen MR) is 79.1 cm³/mol. The Balaban J connectivity index is 2.02. The standard InChI is InChI=1S/C16H14F3NO4/c17-16(18,19)10-1-3-11(4-2-10)23-12-5-7-13(8-6-12)24-14(9-20)15(21)22/h1-8,14H,9,20H2,(H,21,22). The van der Waals surface area contributed by atoms with Gasteiger partial charge in [-0.05, 0) is 48.5 Å². The zero-order valence-electron chi connectivity index (χ0n) is 12.3. The number of nitrogens with two attached hydrogens (primary N) is 1. The molecule has 0 aliphatic rings. The van der Waals surface area contributed by atoms with Crippen LogP contribution in [0.3, 0.4) is 0 Å². The van der Waals surface area contributed by atoms with E-state index in [0.717, 1.165) is 12.1 Å². The fourth-order valence-electron chi connectivity index (χ4n) is 1.80. The minimum Gasteiger partial charge on any atom is -0.478 e. The Kier molecular flexibility index (Phi) is 5.30. The van der Waals surface area contributed by atoms with Gasteiger partial charge in [0.05, 0.1) is 5.56 Å². The van der Waals surface area contributed by atoms with Crippen molar-refractivity contribution in [3.8, 4) is 17.2 Å². The molecule has 1 unspecified atom stereocenters. The molecule has 1 atom stereocenters. The molecule has 0 saturated heterocycles. The number of carbonyl (C=O) groups is 1. The molecular formula is C16H14F3NO4. The molecule has 0 saturated carbocycles. The Bertz CT molecular complexity index is 684. The average Bonchev–Trinajstić information content (AvgIpc) is 2.53. The van der Waals surface area contributed by atoms with E-state index in [4.69, 9.17) is 20.3 Å². The van der Waals surface area contributed by atoms with E-state index >= 15 is 0 Å². The molecule has 0 spiro atoms. The highest BCUT2D eigenvalue weighted by molar-refractivity contribution is 5.73. The smallest absolute Gasteiger partial charge is 0.416 e. The Morgan fingerprint density at radius 2 is 1.46 bits per heavy atom. The van der Waals surface area contributed by atoms with Crippen molar-refractivity contribution in [3.05, 3.63) is 54.1 Å². The van der Waals surface area contributed by atoms with Crippen LogP contribution in [0.25, 0.3) is 0 Å². The van der Waals surface area contributed by atoms with Crippen molar-refractivity contribution in [1.29, 1.82) is 0 Å². The number of benzene rings is 2. The number of carboxylic acids is 1. The summed E-state index contributed by atoms with van der Waals surface area (Å²) in [6, 6.07) is 10.2. The highest BCUT2D eigenvalue weighted by atomic mass is 19.4. The molecule has 0 amide bonds. The molecule has 0 heterocycles. The number of carboxylic acid groups (broad SMARTS) is 1. The number of rotatable bonds is 6. The summed E-state index contributed by atoms with van der Waals surface area (Å²) in [7, 11) is 0. The van der Waals surface area contributed by atoms with Gasteiger partial charge in [0.15, 0.2) is 0 Å². The number of halogens is 3. The van der Waals surface area contributed by atoms with Crippen LogP contribution in [-0.2, 0) is 11.0 Å². The monoisotopic (exact) mass is 341 g/mol. The van der Waals surface area contributed by atoms with Gasteiger partial charge in [-0.1, -0.05) is 0 Å². The van der Waals surface area contributed by atoms with Crippen molar-refractivity contribution in [2.45, 2.75) is 12.3 Å². The Labute approximate surface area is 135 Å². The Morgan fingerprint density at radius 3 is 1.88 bits per heavy atom. The lowest BCUT2D eigenvalue weighted by atomic mass is 10.2. The molecule has 5 nitrogen and oxygen atoms in total. The quantitative estimate of drug-likeness (QED) is 0.843. The lowest BCUT2D eigenvalue weighted by molar-refractivity contribution is -0.144. The number of alkyl halides is 3. The summed E-state index contributed by atoms with van der Waals surface area (Å²) in [4.78, 5) is 10.8. The molecule has 8 heteroatoms. The minimum atomic E-state index is -4.40. The van der Waals surface area contributed by atoms with Gasteiger partial charge in [0.1, 0.15) is 17.2 Å². The first-order chi connectivity index (χ1) is 11.3. The van der Waals surface area contributed by atoms with Crippen LogP contribution in [0.2, 0.25) is 0 Å². The summed E-state index contributed by atoms with van der Waals surface area (Å²) in [6.07, 6.45) is -5.56. The van der Waals surface area contributed by atoms with Crippen LogP contribution in [0.15, 0.2) is 48.5 Å². The lowest BCUT2D eigenvalue weighted by Crippen LogP contribution is -2.34. The molecule has 24 heavy (non-hydrogen) atoms. The van der Waals surface area contributed by atoms with Crippen molar-refractivity contribution in [2.24, 2.45) is 5.73 Å². The summed E-state index contributed by atoms with van der Waals surface area (Å²) in [5.41, 5.74) is 4.52. The third kappa shape index (κ3) is 4.63. The van der Waals surface area contributed by atoms with E-state index in [1.165, 1.54) is 36.4 Å². The van der Waals surface area contributed by atoms with Crippen LogP contribution in [0.1, 0.15) is 5.56 Å². The normalized spacial score (nSPS) is 12.5. The second-order valence-electron chi connectivity index (χ2n) is 4.78. The highest BCUT2D eigenvalue weighted by Gasteiger charge is 2.30. The van der Waals surface area contributed by atoms with Crippen molar-refractivity contribution in [3.63, 3.8) is 0 Å². The van der Waals surface area contributed by atoms with E-state index < -0.39 is 23.8 Å². The fraction of sp³-hybridized carbons (Fsp3) is 0.188. The van der Waals surface area contributed by atoms with Crippen molar-refractivity contribution in [1.82, 2.24) is 0 Å². The third-order valence-corrected chi connectivity index (χ3v) is 3.01. The zero-order valence-corrected chi connectivity index (χ0v) is 12.3. The van der Waals surface area contributed by atoms with Gasteiger partial charge in [0, 0.05) is 6.54 Å². The van der Waals surface area contributed by atoms with Gasteiger partial charge in [0.25, 0.3) is 0 Å². The van der Waals surface area contributed by atoms with E-state index in [-0.39, 0.29) is 18.0 Å². The second-order valence-corrected chi connectivity index (χ2v) is 4.78.